The van der Waals surface area contributed by atoms with Gasteiger partial charge in [0.15, 0.2) is 23.1 Å². The number of hydrogen-bond donors (Lipinski definition) is 0. The first-order chi connectivity index (χ1) is 11.5. The highest BCUT2D eigenvalue weighted by Crippen LogP contribution is 2.22. The zero-order valence-electron chi connectivity index (χ0n) is 13.7. The van der Waals surface area contributed by atoms with Gasteiger partial charge in [-0.25, -0.2) is 4.98 Å². The van der Waals surface area contributed by atoms with Crippen molar-refractivity contribution in [2.24, 2.45) is 0 Å². The van der Waals surface area contributed by atoms with Crippen LogP contribution in [0.4, 0.5) is 5.82 Å². The fourth-order valence-electron chi connectivity index (χ4n) is 2.75. The summed E-state index contributed by atoms with van der Waals surface area (Å²) in [7, 11) is 1.79. The van der Waals surface area contributed by atoms with Crippen LogP contribution >= 0.6 is 0 Å². The largest absolute Gasteiger partial charge is 0.448 e. The fourth-order valence-corrected chi connectivity index (χ4v) is 2.75. The Labute approximate surface area is 137 Å². The Kier molecular flexibility index (Phi) is 3.22. The third kappa shape index (κ3) is 2.29. The molecule has 24 heavy (non-hydrogen) atoms. The second kappa shape index (κ2) is 5.29. The summed E-state index contributed by atoms with van der Waals surface area (Å²) in [5.41, 5.74) is 1.06. The number of carbonyl (C=O) groups excluding carboxylic acids is 1. The van der Waals surface area contributed by atoms with Crippen molar-refractivity contribution in [2.75, 3.05) is 25.0 Å². The Balaban J connectivity index is 1.45. The number of aryl methyl sites for hydroxylation is 2. The maximum Gasteiger partial charge on any atom is 0.275 e. The van der Waals surface area contributed by atoms with Crippen LogP contribution in [0.3, 0.4) is 0 Å². The molecule has 0 aliphatic carbocycles. The monoisotopic (exact) mass is 327 g/mol. The Morgan fingerprint density at radius 1 is 1.29 bits per heavy atom. The van der Waals surface area contributed by atoms with Gasteiger partial charge in [0.2, 0.25) is 0 Å². The van der Waals surface area contributed by atoms with E-state index in [0.717, 1.165) is 30.4 Å². The summed E-state index contributed by atoms with van der Waals surface area (Å²) in [6.07, 6.45) is 1.40. The smallest absolute Gasteiger partial charge is 0.275 e. The third-order valence-electron chi connectivity index (χ3n) is 4.30. The lowest BCUT2D eigenvalue weighted by molar-refractivity contribution is 0.0699. The first-order valence-electron chi connectivity index (χ1n) is 7.66. The van der Waals surface area contributed by atoms with Gasteiger partial charge < -0.3 is 14.2 Å². The zero-order chi connectivity index (χ0) is 16.8. The minimum atomic E-state index is -0.130. The Morgan fingerprint density at radius 3 is 2.79 bits per heavy atom. The minimum Gasteiger partial charge on any atom is -0.448 e. The number of carbonyl (C=O) groups is 1. The fraction of sp³-hybridized carbons (Fsp3) is 0.400. The minimum absolute atomic E-state index is 0.119. The van der Waals surface area contributed by atoms with Crippen molar-refractivity contribution in [1.29, 1.82) is 0 Å². The molecule has 0 unspecified atom stereocenters. The van der Waals surface area contributed by atoms with Crippen molar-refractivity contribution >= 4 is 17.4 Å². The quantitative estimate of drug-likeness (QED) is 0.698. The van der Waals surface area contributed by atoms with Gasteiger partial charge in [-0.05, 0) is 19.1 Å². The van der Waals surface area contributed by atoms with Crippen LogP contribution < -0.4 is 4.90 Å². The third-order valence-corrected chi connectivity index (χ3v) is 4.30. The van der Waals surface area contributed by atoms with Crippen LogP contribution in [0.25, 0.3) is 5.65 Å². The molecule has 4 heterocycles. The van der Waals surface area contributed by atoms with Crippen LogP contribution in [0.1, 0.15) is 22.2 Å². The summed E-state index contributed by atoms with van der Waals surface area (Å²) in [6.45, 7) is 5.02. The molecule has 9 heteroatoms. The van der Waals surface area contributed by atoms with E-state index in [-0.39, 0.29) is 11.9 Å². The van der Waals surface area contributed by atoms with Gasteiger partial charge in [-0.1, -0.05) is 0 Å². The molecule has 9 nitrogen and oxygen atoms in total. The lowest BCUT2D eigenvalue weighted by Gasteiger charge is -2.44. The molecule has 0 bridgehead atoms. The summed E-state index contributed by atoms with van der Waals surface area (Å²) in [5, 5.41) is 12.6. The molecule has 4 rings (SSSR count). The molecule has 0 spiro atoms. The Hall–Kier alpha value is -2.97. The van der Waals surface area contributed by atoms with E-state index < -0.39 is 0 Å². The Bertz CT molecular complexity index is 910. The van der Waals surface area contributed by atoms with E-state index in [0.29, 0.717) is 11.6 Å². The van der Waals surface area contributed by atoms with Crippen molar-refractivity contribution < 1.29 is 9.21 Å². The number of amides is 1. The van der Waals surface area contributed by atoms with Crippen molar-refractivity contribution in [2.45, 2.75) is 19.9 Å². The maximum atomic E-state index is 12.4. The van der Waals surface area contributed by atoms with Crippen LogP contribution in [0.15, 0.2) is 22.8 Å². The van der Waals surface area contributed by atoms with Crippen molar-refractivity contribution in [1.82, 2.24) is 29.7 Å². The van der Waals surface area contributed by atoms with Crippen LogP contribution in [-0.4, -0.2) is 61.8 Å². The van der Waals surface area contributed by atoms with Gasteiger partial charge in [-0.15, -0.1) is 15.3 Å². The molecule has 3 aromatic rings. The van der Waals surface area contributed by atoms with E-state index in [1.807, 2.05) is 19.1 Å². The summed E-state index contributed by atoms with van der Waals surface area (Å²) in [5.74, 6) is 1.95. The number of hydrogen-bond acceptors (Lipinski definition) is 7. The molecule has 0 N–H and O–H groups in total. The van der Waals surface area contributed by atoms with Gasteiger partial charge in [0, 0.05) is 27.1 Å². The average Bonchev–Trinajstić information content (AvgIpc) is 3.12. The molecular weight excluding hydrogens is 310 g/mol. The summed E-state index contributed by atoms with van der Waals surface area (Å²) in [6, 6.07) is 3.93. The first kappa shape index (κ1) is 14.6. The van der Waals surface area contributed by atoms with Gasteiger partial charge in [-0.3, -0.25) is 4.79 Å². The van der Waals surface area contributed by atoms with E-state index in [9.17, 15) is 4.79 Å². The molecular formula is C15H17N7O2. The molecule has 124 valence electrons. The van der Waals surface area contributed by atoms with Crippen LogP contribution in [-0.2, 0) is 0 Å². The number of nitrogens with zero attached hydrogens (tertiary/aromatic N) is 7. The van der Waals surface area contributed by atoms with E-state index in [1.54, 1.807) is 23.4 Å². The SMILES string of the molecule is Cc1nc(C(=O)N(C)C2CN(c3ccc4nnc(C)n4n3)C2)co1. The van der Waals surface area contributed by atoms with E-state index >= 15 is 0 Å². The van der Waals surface area contributed by atoms with Gasteiger partial charge in [0.05, 0.1) is 6.04 Å². The molecule has 1 aliphatic heterocycles. The average molecular weight is 327 g/mol. The highest BCUT2D eigenvalue weighted by Gasteiger charge is 2.34. The molecule has 1 aliphatic rings. The highest BCUT2D eigenvalue weighted by atomic mass is 16.3. The predicted molar refractivity (Wildman–Crippen MR) is 84.9 cm³/mol. The standard InChI is InChI=1S/C15H17N7O2/c1-9-17-18-13-4-5-14(19-22(9)13)21-6-11(7-21)20(3)15(23)12-8-24-10(2)16-12/h4-5,8,11H,6-7H2,1-3H3. The second-order valence-corrected chi connectivity index (χ2v) is 5.94. The summed E-state index contributed by atoms with van der Waals surface area (Å²) in [4.78, 5) is 20.3. The van der Waals surface area contributed by atoms with Crippen molar-refractivity contribution in [3.05, 3.63) is 35.8 Å². The van der Waals surface area contributed by atoms with E-state index in [4.69, 9.17) is 4.42 Å². The Morgan fingerprint density at radius 2 is 2.08 bits per heavy atom. The molecule has 0 aromatic carbocycles. The normalized spacial score (nSPS) is 14.9. The molecule has 1 fully saturated rings. The lowest BCUT2D eigenvalue weighted by atomic mass is 10.1. The molecule has 1 saturated heterocycles. The van der Waals surface area contributed by atoms with Crippen LogP contribution in [0, 0.1) is 13.8 Å². The summed E-state index contributed by atoms with van der Waals surface area (Å²) >= 11 is 0. The van der Waals surface area contributed by atoms with Crippen molar-refractivity contribution in [3.8, 4) is 0 Å². The van der Waals surface area contributed by atoms with E-state index in [1.165, 1.54) is 6.26 Å². The molecule has 0 radical (unpaired) electrons. The summed E-state index contributed by atoms with van der Waals surface area (Å²) < 4.78 is 6.83. The number of rotatable bonds is 3. The van der Waals surface area contributed by atoms with Crippen molar-refractivity contribution in [3.63, 3.8) is 0 Å². The number of fused-ring (bicyclic) bond motifs is 1. The van der Waals surface area contributed by atoms with Crippen LogP contribution in [0.2, 0.25) is 0 Å². The number of likely N-dealkylation sites (N-methyl/N-ethyl adjacent to an activating group) is 1. The number of anilines is 1. The van der Waals surface area contributed by atoms with Gasteiger partial charge in [0.25, 0.3) is 5.91 Å². The zero-order valence-corrected chi connectivity index (χ0v) is 13.7. The molecule has 1 amide bonds. The van der Waals surface area contributed by atoms with E-state index in [2.05, 4.69) is 25.2 Å². The van der Waals surface area contributed by atoms with Crippen LogP contribution in [0.5, 0.6) is 0 Å². The van der Waals surface area contributed by atoms with Gasteiger partial charge >= 0.3 is 0 Å². The van der Waals surface area contributed by atoms with Gasteiger partial charge in [0.1, 0.15) is 12.1 Å². The predicted octanol–water partition coefficient (Wildman–Crippen LogP) is 0.690. The number of oxazole rings is 1. The molecule has 3 aromatic heterocycles. The second-order valence-electron chi connectivity index (χ2n) is 5.94. The maximum absolute atomic E-state index is 12.4. The van der Waals surface area contributed by atoms with Gasteiger partial charge in [-0.2, -0.15) is 4.52 Å². The molecule has 0 saturated carbocycles. The number of aromatic nitrogens is 5. The first-order valence-corrected chi connectivity index (χ1v) is 7.66. The lowest BCUT2D eigenvalue weighted by Crippen LogP contribution is -2.60. The highest BCUT2D eigenvalue weighted by molar-refractivity contribution is 5.92. The topological polar surface area (TPSA) is 92.7 Å². The molecule has 0 atom stereocenters.